The second-order valence-electron chi connectivity index (χ2n) is 4.74. The van der Waals surface area contributed by atoms with Crippen LogP contribution in [-0.4, -0.2) is 48.2 Å². The highest BCUT2D eigenvalue weighted by Gasteiger charge is 2.33. The number of nitrogens with one attached hydrogen (secondary N) is 1. The first kappa shape index (κ1) is 10.7. The Morgan fingerprint density at radius 1 is 1.47 bits per heavy atom. The maximum atomic E-state index is 9.91. The van der Waals surface area contributed by atoms with Crippen LogP contribution in [0, 0.1) is 0 Å². The maximum Gasteiger partial charge on any atom is 0.193 e. The van der Waals surface area contributed by atoms with Gasteiger partial charge in [-0.15, -0.1) is 0 Å². The summed E-state index contributed by atoms with van der Waals surface area (Å²) >= 11 is 0. The van der Waals surface area contributed by atoms with E-state index in [4.69, 9.17) is 0 Å². The van der Waals surface area contributed by atoms with Gasteiger partial charge in [0.2, 0.25) is 0 Å². The molecule has 1 aliphatic carbocycles. The van der Waals surface area contributed by atoms with Gasteiger partial charge >= 0.3 is 0 Å². The van der Waals surface area contributed by atoms with E-state index in [1.165, 1.54) is 6.42 Å². The lowest BCUT2D eigenvalue weighted by Crippen LogP contribution is -2.45. The summed E-state index contributed by atoms with van der Waals surface area (Å²) in [6.07, 6.45) is 5.11. The SMILES string of the molecule is CN1CCCN=C1NCCC1(O)CCC1. The number of nitrogens with zero attached hydrogens (tertiary/aromatic N) is 2. The summed E-state index contributed by atoms with van der Waals surface area (Å²) in [5, 5.41) is 13.2. The van der Waals surface area contributed by atoms with E-state index >= 15 is 0 Å². The molecular weight excluding hydrogens is 190 g/mol. The molecule has 0 unspecified atom stereocenters. The van der Waals surface area contributed by atoms with Crippen LogP contribution in [0.1, 0.15) is 32.1 Å². The second kappa shape index (κ2) is 4.39. The van der Waals surface area contributed by atoms with Gasteiger partial charge in [0.15, 0.2) is 5.96 Å². The number of hydrogen-bond acceptors (Lipinski definition) is 4. The molecule has 2 aliphatic rings. The zero-order valence-corrected chi connectivity index (χ0v) is 9.50. The van der Waals surface area contributed by atoms with Crippen LogP contribution in [0.3, 0.4) is 0 Å². The zero-order valence-electron chi connectivity index (χ0n) is 9.50. The fourth-order valence-corrected chi connectivity index (χ4v) is 2.15. The zero-order chi connectivity index (χ0) is 10.7. The van der Waals surface area contributed by atoms with Crippen LogP contribution in [0.5, 0.6) is 0 Å². The Labute approximate surface area is 91.4 Å². The summed E-state index contributed by atoms with van der Waals surface area (Å²) in [7, 11) is 2.06. The molecule has 15 heavy (non-hydrogen) atoms. The molecule has 86 valence electrons. The third kappa shape index (κ3) is 2.62. The first-order valence-electron chi connectivity index (χ1n) is 5.91. The average molecular weight is 211 g/mol. The maximum absolute atomic E-state index is 9.91. The number of hydrogen-bond donors (Lipinski definition) is 2. The van der Waals surface area contributed by atoms with E-state index in [2.05, 4.69) is 22.3 Å². The van der Waals surface area contributed by atoms with Crippen molar-refractivity contribution in [1.29, 1.82) is 0 Å². The van der Waals surface area contributed by atoms with Crippen molar-refractivity contribution in [3.63, 3.8) is 0 Å². The van der Waals surface area contributed by atoms with Crippen LogP contribution in [0.4, 0.5) is 0 Å². The van der Waals surface area contributed by atoms with Gasteiger partial charge in [-0.05, 0) is 32.1 Å². The number of aliphatic imine (C=N–C) groups is 1. The largest absolute Gasteiger partial charge is 0.390 e. The highest BCUT2D eigenvalue weighted by atomic mass is 16.3. The lowest BCUT2D eigenvalue weighted by atomic mass is 9.78. The number of rotatable bonds is 3. The smallest absolute Gasteiger partial charge is 0.193 e. The Hall–Kier alpha value is -0.770. The number of aliphatic hydroxyl groups is 1. The van der Waals surface area contributed by atoms with Gasteiger partial charge in [0.25, 0.3) is 0 Å². The fraction of sp³-hybridized carbons (Fsp3) is 0.909. The van der Waals surface area contributed by atoms with E-state index in [0.29, 0.717) is 0 Å². The summed E-state index contributed by atoms with van der Waals surface area (Å²) in [5.74, 6) is 0.990. The van der Waals surface area contributed by atoms with Crippen molar-refractivity contribution in [2.24, 2.45) is 4.99 Å². The van der Waals surface area contributed by atoms with Crippen molar-refractivity contribution >= 4 is 5.96 Å². The molecule has 0 aromatic rings. The summed E-state index contributed by atoms with van der Waals surface area (Å²) in [5.41, 5.74) is -0.374. The van der Waals surface area contributed by atoms with Crippen molar-refractivity contribution in [3.05, 3.63) is 0 Å². The predicted octanol–water partition coefficient (Wildman–Crippen LogP) is 0.573. The Morgan fingerprint density at radius 3 is 2.87 bits per heavy atom. The standard InChI is InChI=1S/C11H21N3O/c1-14-9-3-7-12-10(14)13-8-6-11(15)4-2-5-11/h15H,2-9H2,1H3,(H,12,13). The third-order valence-electron chi connectivity index (χ3n) is 3.43. The summed E-state index contributed by atoms with van der Waals surface area (Å²) in [6, 6.07) is 0. The van der Waals surface area contributed by atoms with Crippen LogP contribution < -0.4 is 5.32 Å². The van der Waals surface area contributed by atoms with Gasteiger partial charge in [0.1, 0.15) is 0 Å². The molecule has 0 spiro atoms. The van der Waals surface area contributed by atoms with Gasteiger partial charge in [0, 0.05) is 26.7 Å². The lowest BCUT2D eigenvalue weighted by Gasteiger charge is -2.37. The van der Waals surface area contributed by atoms with E-state index in [9.17, 15) is 5.11 Å². The van der Waals surface area contributed by atoms with Crippen LogP contribution in [0.25, 0.3) is 0 Å². The van der Waals surface area contributed by atoms with Gasteiger partial charge < -0.3 is 15.3 Å². The summed E-state index contributed by atoms with van der Waals surface area (Å²) in [4.78, 5) is 6.57. The van der Waals surface area contributed by atoms with Gasteiger partial charge in [-0.25, -0.2) is 0 Å². The van der Waals surface area contributed by atoms with Gasteiger partial charge in [-0.2, -0.15) is 0 Å². The third-order valence-corrected chi connectivity index (χ3v) is 3.43. The lowest BCUT2D eigenvalue weighted by molar-refractivity contribution is -0.0387. The van der Waals surface area contributed by atoms with E-state index in [-0.39, 0.29) is 5.60 Å². The minimum atomic E-state index is -0.374. The summed E-state index contributed by atoms with van der Waals surface area (Å²) in [6.45, 7) is 2.84. The average Bonchev–Trinajstić information content (AvgIpc) is 2.18. The molecule has 0 aromatic heterocycles. The van der Waals surface area contributed by atoms with Crippen molar-refractivity contribution in [1.82, 2.24) is 10.2 Å². The van der Waals surface area contributed by atoms with E-state index in [1.54, 1.807) is 0 Å². The minimum Gasteiger partial charge on any atom is -0.390 e. The quantitative estimate of drug-likeness (QED) is 0.717. The molecule has 0 atom stereocenters. The highest BCUT2D eigenvalue weighted by Crippen LogP contribution is 2.33. The van der Waals surface area contributed by atoms with Crippen LogP contribution in [0.15, 0.2) is 4.99 Å². The van der Waals surface area contributed by atoms with Crippen molar-refractivity contribution < 1.29 is 5.11 Å². The molecule has 2 rings (SSSR count). The van der Waals surface area contributed by atoms with Gasteiger partial charge in [-0.3, -0.25) is 4.99 Å². The summed E-state index contributed by atoms with van der Waals surface area (Å²) < 4.78 is 0. The first-order chi connectivity index (χ1) is 7.20. The molecular formula is C11H21N3O. The Morgan fingerprint density at radius 2 is 2.27 bits per heavy atom. The van der Waals surface area contributed by atoms with E-state index in [1.807, 2.05) is 0 Å². The molecule has 0 amide bonds. The molecule has 1 fully saturated rings. The number of guanidine groups is 1. The van der Waals surface area contributed by atoms with E-state index in [0.717, 1.165) is 51.3 Å². The van der Waals surface area contributed by atoms with Crippen LogP contribution in [0.2, 0.25) is 0 Å². The molecule has 0 saturated heterocycles. The molecule has 0 bridgehead atoms. The predicted molar refractivity (Wildman–Crippen MR) is 61.0 cm³/mol. The van der Waals surface area contributed by atoms with Crippen LogP contribution >= 0.6 is 0 Å². The fourth-order valence-electron chi connectivity index (χ4n) is 2.15. The van der Waals surface area contributed by atoms with Crippen molar-refractivity contribution in [3.8, 4) is 0 Å². The first-order valence-corrected chi connectivity index (χ1v) is 5.91. The van der Waals surface area contributed by atoms with Crippen molar-refractivity contribution in [2.75, 3.05) is 26.7 Å². The van der Waals surface area contributed by atoms with Gasteiger partial charge in [0.05, 0.1) is 5.60 Å². The minimum absolute atomic E-state index is 0.374. The Balaban J connectivity index is 1.70. The molecule has 4 heteroatoms. The molecule has 1 aliphatic heterocycles. The molecule has 4 nitrogen and oxygen atoms in total. The monoisotopic (exact) mass is 211 g/mol. The van der Waals surface area contributed by atoms with E-state index < -0.39 is 0 Å². The molecule has 2 N–H and O–H groups in total. The normalized spacial score (nSPS) is 24.4. The molecule has 1 saturated carbocycles. The van der Waals surface area contributed by atoms with Crippen LogP contribution in [-0.2, 0) is 0 Å². The molecule has 0 aromatic carbocycles. The van der Waals surface area contributed by atoms with Crippen molar-refractivity contribution in [2.45, 2.75) is 37.7 Å². The second-order valence-corrected chi connectivity index (χ2v) is 4.74. The highest BCUT2D eigenvalue weighted by molar-refractivity contribution is 5.80. The molecule has 1 heterocycles. The topological polar surface area (TPSA) is 47.9 Å². The van der Waals surface area contributed by atoms with Gasteiger partial charge in [-0.1, -0.05) is 0 Å². The molecule has 0 radical (unpaired) electrons. The Bertz CT molecular complexity index is 248. The Kier molecular flexibility index (Phi) is 3.14.